The molecule has 0 heterocycles. The van der Waals surface area contributed by atoms with Gasteiger partial charge in [-0.2, -0.15) is 5.26 Å². The van der Waals surface area contributed by atoms with E-state index in [1.807, 2.05) is 42.5 Å². The van der Waals surface area contributed by atoms with Crippen molar-refractivity contribution in [2.75, 3.05) is 31.5 Å². The summed E-state index contributed by atoms with van der Waals surface area (Å²) in [5.74, 6) is 0.884. The molecule has 2 rings (SSSR count). The molecule has 0 bridgehead atoms. The summed E-state index contributed by atoms with van der Waals surface area (Å²) < 4.78 is 10.9. The summed E-state index contributed by atoms with van der Waals surface area (Å²) in [7, 11) is 4.73. The molecule has 6 heteroatoms. The SMILES string of the molecule is COc1cc(CC(C#N)=CNc2ccccc2)cc(OC)c1N(C)C(C)=O. The molecule has 0 aliphatic rings. The van der Waals surface area contributed by atoms with Crippen LogP contribution in [0.2, 0.25) is 0 Å². The van der Waals surface area contributed by atoms with Crippen molar-refractivity contribution in [3.8, 4) is 17.6 Å². The molecule has 2 aromatic carbocycles. The molecule has 0 fully saturated rings. The number of nitrogens with one attached hydrogen (secondary N) is 1. The summed E-state index contributed by atoms with van der Waals surface area (Å²) in [5.41, 5.74) is 2.85. The zero-order valence-electron chi connectivity index (χ0n) is 15.9. The Kier molecular flexibility index (Phi) is 6.84. The Morgan fingerprint density at radius 1 is 1.19 bits per heavy atom. The average molecular weight is 365 g/mol. The number of hydrogen-bond acceptors (Lipinski definition) is 5. The molecular weight excluding hydrogens is 342 g/mol. The fraction of sp³-hybridized carbons (Fsp3) is 0.238. The number of para-hydroxylation sites is 1. The number of nitriles is 1. The van der Waals surface area contributed by atoms with Gasteiger partial charge in [0.1, 0.15) is 17.2 Å². The highest BCUT2D eigenvalue weighted by Gasteiger charge is 2.19. The highest BCUT2D eigenvalue weighted by molar-refractivity contribution is 5.94. The molecule has 0 saturated heterocycles. The topological polar surface area (TPSA) is 74.6 Å². The maximum absolute atomic E-state index is 11.8. The van der Waals surface area contributed by atoms with Gasteiger partial charge in [0.25, 0.3) is 0 Å². The van der Waals surface area contributed by atoms with E-state index in [0.29, 0.717) is 29.2 Å². The lowest BCUT2D eigenvalue weighted by atomic mass is 10.0. The molecule has 27 heavy (non-hydrogen) atoms. The van der Waals surface area contributed by atoms with E-state index in [4.69, 9.17) is 9.47 Å². The van der Waals surface area contributed by atoms with E-state index in [2.05, 4.69) is 11.4 Å². The van der Waals surface area contributed by atoms with E-state index in [-0.39, 0.29) is 5.91 Å². The van der Waals surface area contributed by atoms with Crippen LogP contribution >= 0.6 is 0 Å². The van der Waals surface area contributed by atoms with E-state index in [9.17, 15) is 10.1 Å². The number of anilines is 2. The van der Waals surface area contributed by atoms with Crippen LogP contribution < -0.4 is 19.7 Å². The number of ether oxygens (including phenoxy) is 2. The molecule has 0 unspecified atom stereocenters. The summed E-state index contributed by atoms with van der Waals surface area (Å²) >= 11 is 0. The van der Waals surface area contributed by atoms with Crippen LogP contribution in [0.5, 0.6) is 11.5 Å². The molecule has 1 amide bonds. The predicted octanol–water partition coefficient (Wildman–Crippen LogP) is 3.75. The number of methoxy groups -OCH3 is 2. The Labute approximate surface area is 159 Å². The van der Waals surface area contributed by atoms with Gasteiger partial charge in [0.05, 0.1) is 20.3 Å². The summed E-state index contributed by atoms with van der Waals surface area (Å²) in [5, 5.41) is 12.6. The first-order chi connectivity index (χ1) is 13.0. The van der Waals surface area contributed by atoms with Gasteiger partial charge in [-0.15, -0.1) is 0 Å². The van der Waals surface area contributed by atoms with E-state index in [1.54, 1.807) is 13.2 Å². The van der Waals surface area contributed by atoms with E-state index < -0.39 is 0 Å². The molecule has 0 spiro atoms. The fourth-order valence-electron chi connectivity index (χ4n) is 2.59. The number of benzene rings is 2. The predicted molar refractivity (Wildman–Crippen MR) is 106 cm³/mol. The second-order valence-corrected chi connectivity index (χ2v) is 5.90. The monoisotopic (exact) mass is 365 g/mol. The van der Waals surface area contributed by atoms with Crippen LogP contribution in [0.15, 0.2) is 54.2 Å². The fourth-order valence-corrected chi connectivity index (χ4v) is 2.59. The highest BCUT2D eigenvalue weighted by Crippen LogP contribution is 2.39. The lowest BCUT2D eigenvalue weighted by molar-refractivity contribution is -0.116. The van der Waals surface area contributed by atoms with Crippen molar-refractivity contribution in [2.45, 2.75) is 13.3 Å². The first-order valence-corrected chi connectivity index (χ1v) is 8.40. The lowest BCUT2D eigenvalue weighted by Crippen LogP contribution is -2.24. The number of hydrogen-bond donors (Lipinski definition) is 1. The minimum absolute atomic E-state index is 0.135. The summed E-state index contributed by atoms with van der Waals surface area (Å²) in [6.07, 6.45) is 2.08. The molecule has 0 saturated carbocycles. The van der Waals surface area contributed by atoms with Crippen LogP contribution in [0.1, 0.15) is 12.5 Å². The third kappa shape index (κ3) is 5.02. The minimum atomic E-state index is -0.135. The van der Waals surface area contributed by atoms with Gasteiger partial charge in [0.2, 0.25) is 5.91 Å². The number of carbonyl (C=O) groups excluding carboxylic acids is 1. The second kappa shape index (κ2) is 9.30. The maximum atomic E-state index is 11.8. The minimum Gasteiger partial charge on any atom is -0.494 e. The largest absolute Gasteiger partial charge is 0.494 e. The molecular formula is C21H23N3O3. The van der Waals surface area contributed by atoms with Crippen molar-refractivity contribution < 1.29 is 14.3 Å². The van der Waals surface area contributed by atoms with Crippen LogP contribution in [-0.4, -0.2) is 27.2 Å². The van der Waals surface area contributed by atoms with E-state index in [0.717, 1.165) is 11.3 Å². The molecule has 0 radical (unpaired) electrons. The van der Waals surface area contributed by atoms with Gasteiger partial charge >= 0.3 is 0 Å². The van der Waals surface area contributed by atoms with Crippen molar-refractivity contribution in [3.05, 3.63) is 59.8 Å². The van der Waals surface area contributed by atoms with Crippen molar-refractivity contribution in [2.24, 2.45) is 0 Å². The first kappa shape index (κ1) is 19.9. The Morgan fingerprint density at radius 2 is 1.78 bits per heavy atom. The van der Waals surface area contributed by atoms with Gasteiger partial charge in [-0.3, -0.25) is 4.79 Å². The molecule has 0 aliphatic carbocycles. The second-order valence-electron chi connectivity index (χ2n) is 5.90. The number of nitrogens with zero attached hydrogens (tertiary/aromatic N) is 2. The molecule has 1 N–H and O–H groups in total. The third-order valence-electron chi connectivity index (χ3n) is 4.07. The van der Waals surface area contributed by atoms with Gasteiger partial charge in [-0.1, -0.05) is 18.2 Å². The smallest absolute Gasteiger partial charge is 0.223 e. The molecule has 0 aromatic heterocycles. The molecule has 2 aromatic rings. The Bertz CT molecular complexity index is 845. The zero-order valence-corrected chi connectivity index (χ0v) is 15.9. The van der Waals surface area contributed by atoms with E-state index >= 15 is 0 Å². The quantitative estimate of drug-likeness (QED) is 0.757. The molecule has 6 nitrogen and oxygen atoms in total. The van der Waals surface area contributed by atoms with Crippen molar-refractivity contribution in [3.63, 3.8) is 0 Å². The van der Waals surface area contributed by atoms with Gasteiger partial charge in [0, 0.05) is 37.9 Å². The molecule has 0 atom stereocenters. The van der Waals surface area contributed by atoms with E-state index in [1.165, 1.54) is 26.0 Å². The normalized spacial score (nSPS) is 10.7. The summed E-state index contributed by atoms with van der Waals surface area (Å²) in [4.78, 5) is 13.2. The Balaban J connectivity index is 2.32. The standard InChI is InChI=1S/C21H23N3O3/c1-15(25)24(2)21-19(26-3)11-16(12-20(21)27-4)10-17(13-22)14-23-18-8-6-5-7-9-18/h5-9,11-12,14,23H,10H2,1-4H3. The average Bonchev–Trinajstić information content (AvgIpc) is 2.70. The van der Waals surface area contributed by atoms with Gasteiger partial charge in [-0.25, -0.2) is 0 Å². The molecule has 0 aliphatic heterocycles. The van der Waals surface area contributed by atoms with Crippen LogP contribution in [0.25, 0.3) is 0 Å². The van der Waals surface area contributed by atoms with Gasteiger partial charge < -0.3 is 19.7 Å². The Morgan fingerprint density at radius 3 is 2.26 bits per heavy atom. The van der Waals surface area contributed by atoms with Crippen molar-refractivity contribution in [1.82, 2.24) is 0 Å². The van der Waals surface area contributed by atoms with Crippen LogP contribution in [-0.2, 0) is 11.2 Å². The lowest BCUT2D eigenvalue weighted by Gasteiger charge is -2.22. The zero-order chi connectivity index (χ0) is 19.8. The first-order valence-electron chi connectivity index (χ1n) is 8.40. The highest BCUT2D eigenvalue weighted by atomic mass is 16.5. The van der Waals surface area contributed by atoms with Crippen LogP contribution in [0.4, 0.5) is 11.4 Å². The maximum Gasteiger partial charge on any atom is 0.223 e. The van der Waals surface area contributed by atoms with Gasteiger partial charge in [0.15, 0.2) is 0 Å². The Hall–Kier alpha value is -3.46. The van der Waals surface area contributed by atoms with Crippen molar-refractivity contribution >= 4 is 17.3 Å². The summed E-state index contributed by atoms with van der Waals surface area (Å²) in [6.45, 7) is 1.47. The van der Waals surface area contributed by atoms with Gasteiger partial charge in [-0.05, 0) is 29.8 Å². The number of rotatable bonds is 7. The molecule has 140 valence electrons. The van der Waals surface area contributed by atoms with Crippen LogP contribution in [0.3, 0.4) is 0 Å². The van der Waals surface area contributed by atoms with Crippen molar-refractivity contribution in [1.29, 1.82) is 5.26 Å². The summed E-state index contributed by atoms with van der Waals surface area (Å²) in [6, 6.07) is 15.4. The third-order valence-corrected chi connectivity index (χ3v) is 4.07. The van der Waals surface area contributed by atoms with Crippen LogP contribution in [0, 0.1) is 11.3 Å². The number of allylic oxidation sites excluding steroid dienone is 1. The number of amides is 1. The number of carbonyl (C=O) groups is 1.